The summed E-state index contributed by atoms with van der Waals surface area (Å²) in [7, 11) is 0. The third kappa shape index (κ3) is 23.2. The molecule has 0 amide bonds. The first-order valence-electron chi connectivity index (χ1n) is 9.44. The van der Waals surface area contributed by atoms with Gasteiger partial charge >= 0.3 is 5.97 Å². The van der Waals surface area contributed by atoms with E-state index >= 15 is 0 Å². The molecule has 3 atom stereocenters. The van der Waals surface area contributed by atoms with Crippen molar-refractivity contribution in [3.05, 3.63) is 0 Å². The molecule has 0 bridgehead atoms. The molecule has 0 spiro atoms. The normalized spacial score (nSPS) is 23.9. The zero-order valence-corrected chi connectivity index (χ0v) is 17.1. The van der Waals surface area contributed by atoms with Gasteiger partial charge in [-0.05, 0) is 27.2 Å². The first kappa shape index (κ1) is 27.4. The van der Waals surface area contributed by atoms with Gasteiger partial charge in [0.05, 0.1) is 19.8 Å². The fourth-order valence-corrected chi connectivity index (χ4v) is 0.839. The van der Waals surface area contributed by atoms with Gasteiger partial charge in [0.25, 0.3) is 0 Å². The first-order valence-corrected chi connectivity index (χ1v) is 9.44. The maximum absolute atomic E-state index is 9.37. The second-order valence-corrected chi connectivity index (χ2v) is 7.00. The molecular formula is C18H41N3O5. The summed E-state index contributed by atoms with van der Waals surface area (Å²) in [6, 6.07) is 2.50. The molecule has 8 heteroatoms. The van der Waals surface area contributed by atoms with Crippen molar-refractivity contribution in [2.75, 3.05) is 39.5 Å². The lowest BCUT2D eigenvalue weighted by molar-refractivity contribution is -0.136. The van der Waals surface area contributed by atoms with E-state index in [1.165, 1.54) is 19.6 Å². The Kier molecular flexibility index (Phi) is 17.3. The Morgan fingerprint density at radius 3 is 1.04 bits per heavy atom. The summed E-state index contributed by atoms with van der Waals surface area (Å²) in [5.74, 6) is -0.745. The van der Waals surface area contributed by atoms with Crippen molar-refractivity contribution < 1.29 is 25.2 Å². The minimum absolute atomic E-state index is 0.156. The molecule has 7 N–H and O–H groups in total. The maximum Gasteiger partial charge on any atom is 0.303 e. The number of carbonyl (C=O) groups is 1. The Bertz CT molecular complexity index is 288. The van der Waals surface area contributed by atoms with Gasteiger partial charge in [0.15, 0.2) is 0 Å². The van der Waals surface area contributed by atoms with Crippen molar-refractivity contribution in [2.24, 2.45) is 5.41 Å². The van der Waals surface area contributed by atoms with Gasteiger partial charge in [0.1, 0.15) is 0 Å². The molecule has 26 heavy (non-hydrogen) atoms. The van der Waals surface area contributed by atoms with Crippen molar-refractivity contribution in [1.29, 1.82) is 0 Å². The Morgan fingerprint density at radius 1 is 0.846 bits per heavy atom. The third-order valence-electron chi connectivity index (χ3n) is 3.90. The highest BCUT2D eigenvalue weighted by atomic mass is 16.4. The molecule has 3 unspecified atom stereocenters. The first-order chi connectivity index (χ1) is 12.2. The summed E-state index contributed by atoms with van der Waals surface area (Å²) < 4.78 is 0. The highest BCUT2D eigenvalue weighted by molar-refractivity contribution is 5.66. The van der Waals surface area contributed by atoms with Crippen LogP contribution in [0.1, 0.15) is 47.5 Å². The Hall–Kier alpha value is -0.770. The van der Waals surface area contributed by atoms with Crippen LogP contribution in [0.2, 0.25) is 0 Å². The molecule has 3 fully saturated rings. The van der Waals surface area contributed by atoms with Gasteiger partial charge in [0, 0.05) is 49.6 Å². The number of aliphatic hydroxyl groups excluding tert-OH is 3. The summed E-state index contributed by atoms with van der Waals surface area (Å²) in [4.78, 5) is 9.37. The molecule has 3 saturated heterocycles. The lowest BCUT2D eigenvalue weighted by Crippen LogP contribution is -2.32. The molecule has 8 nitrogen and oxygen atoms in total. The molecule has 3 aliphatic heterocycles. The second-order valence-electron chi connectivity index (χ2n) is 7.00. The number of carboxylic acid groups (broad SMARTS) is 1. The maximum atomic E-state index is 9.37. The average Bonchev–Trinajstić information content (AvgIpc) is 3.49. The third-order valence-corrected chi connectivity index (χ3v) is 3.90. The van der Waals surface area contributed by atoms with Crippen molar-refractivity contribution in [1.82, 2.24) is 16.0 Å². The molecule has 3 rings (SSSR count). The quantitative estimate of drug-likeness (QED) is 0.322. The number of hydrogen-bond donors (Lipinski definition) is 7. The van der Waals surface area contributed by atoms with Crippen LogP contribution in [0.4, 0.5) is 0 Å². The largest absolute Gasteiger partial charge is 0.481 e. The summed E-state index contributed by atoms with van der Waals surface area (Å²) in [6.07, 6.45) is 0.816. The molecule has 158 valence electrons. The molecule has 3 heterocycles. The predicted molar refractivity (Wildman–Crippen MR) is 104 cm³/mol. The minimum Gasteiger partial charge on any atom is -0.481 e. The van der Waals surface area contributed by atoms with Crippen LogP contribution >= 0.6 is 0 Å². The van der Waals surface area contributed by atoms with E-state index in [2.05, 4.69) is 36.7 Å². The molecule has 0 aliphatic carbocycles. The topological polar surface area (TPSA) is 164 Å². The van der Waals surface area contributed by atoms with E-state index in [0.717, 1.165) is 18.1 Å². The van der Waals surface area contributed by atoms with Crippen LogP contribution in [0, 0.1) is 5.41 Å². The number of carboxylic acids is 1. The number of hydrogen-bond acceptors (Lipinski definition) is 7. The molecule has 0 radical (unpaired) electrons. The van der Waals surface area contributed by atoms with E-state index in [9.17, 15) is 4.79 Å². The molecular weight excluding hydrogens is 338 g/mol. The van der Waals surface area contributed by atoms with Crippen LogP contribution in [0.5, 0.6) is 0 Å². The second kappa shape index (κ2) is 16.4. The predicted octanol–water partition coefficient (Wildman–Crippen LogP) is -0.225. The average molecular weight is 380 g/mol. The standard InChI is InChI=1S/C6H14O3.3C3H7N.C3H6O2/c1-2-6(3-7,4-8)5-9;3*1-3-2-4-3;1-2-3(4)5/h7-9H,2-5H2,1H3;3*3-4H,2H2,1H3;2H2,1H3,(H,4,5). The molecule has 0 aromatic rings. The SMILES string of the molecule is CC1CN1.CC1CN1.CC1CN1.CCC(=O)O.CCC(CO)(CO)CO. The van der Waals surface area contributed by atoms with Gasteiger partial charge in [-0.1, -0.05) is 13.8 Å². The molecule has 3 aliphatic rings. The van der Waals surface area contributed by atoms with Gasteiger partial charge in [-0.25, -0.2) is 0 Å². The van der Waals surface area contributed by atoms with Crippen LogP contribution in [0.25, 0.3) is 0 Å². The van der Waals surface area contributed by atoms with E-state index in [4.69, 9.17) is 20.4 Å². The fraction of sp³-hybridized carbons (Fsp3) is 0.944. The Labute approximate surface area is 158 Å². The lowest BCUT2D eigenvalue weighted by Gasteiger charge is -2.24. The monoisotopic (exact) mass is 379 g/mol. The van der Waals surface area contributed by atoms with Crippen molar-refractivity contribution in [3.63, 3.8) is 0 Å². The van der Waals surface area contributed by atoms with Crippen LogP contribution in [-0.2, 0) is 4.79 Å². The van der Waals surface area contributed by atoms with Crippen LogP contribution in [-0.4, -0.2) is 84.0 Å². The summed E-state index contributed by atoms with van der Waals surface area (Å²) in [5, 5.41) is 43.0. The van der Waals surface area contributed by atoms with Gasteiger partial charge in [0.2, 0.25) is 0 Å². The lowest BCUT2D eigenvalue weighted by atomic mass is 9.88. The fourth-order valence-electron chi connectivity index (χ4n) is 0.839. The van der Waals surface area contributed by atoms with Crippen LogP contribution in [0.15, 0.2) is 0 Å². The summed E-state index contributed by atoms with van der Waals surface area (Å²) >= 11 is 0. The summed E-state index contributed by atoms with van der Waals surface area (Å²) in [6.45, 7) is 13.2. The van der Waals surface area contributed by atoms with Gasteiger partial charge < -0.3 is 36.4 Å². The number of rotatable bonds is 5. The van der Waals surface area contributed by atoms with Gasteiger partial charge in [-0.3, -0.25) is 4.79 Å². The van der Waals surface area contributed by atoms with Crippen molar-refractivity contribution >= 4 is 5.97 Å². The van der Waals surface area contributed by atoms with Gasteiger partial charge in [-0.15, -0.1) is 0 Å². The highest BCUT2D eigenvalue weighted by Crippen LogP contribution is 2.18. The van der Waals surface area contributed by atoms with Crippen LogP contribution in [0.3, 0.4) is 0 Å². The van der Waals surface area contributed by atoms with Crippen molar-refractivity contribution in [2.45, 2.75) is 65.6 Å². The van der Waals surface area contributed by atoms with Gasteiger partial charge in [-0.2, -0.15) is 0 Å². The number of nitrogens with one attached hydrogen (secondary N) is 3. The minimum atomic E-state index is -0.745. The van der Waals surface area contributed by atoms with Crippen molar-refractivity contribution in [3.8, 4) is 0 Å². The number of aliphatic hydroxyl groups is 3. The Morgan fingerprint density at radius 2 is 1.04 bits per heavy atom. The zero-order valence-electron chi connectivity index (χ0n) is 17.1. The van der Waals surface area contributed by atoms with E-state index in [1.54, 1.807) is 6.92 Å². The zero-order chi connectivity index (χ0) is 20.6. The smallest absolute Gasteiger partial charge is 0.303 e. The molecule has 0 aromatic carbocycles. The van der Waals surface area contributed by atoms with E-state index in [-0.39, 0.29) is 26.2 Å². The molecule has 0 aromatic heterocycles. The summed E-state index contributed by atoms with van der Waals surface area (Å²) in [5.41, 5.74) is -0.667. The Balaban J connectivity index is 0. The van der Waals surface area contributed by atoms with E-state index in [1.807, 2.05) is 6.92 Å². The highest BCUT2D eigenvalue weighted by Gasteiger charge is 2.24. The molecule has 0 saturated carbocycles. The van der Waals surface area contributed by atoms with E-state index < -0.39 is 11.4 Å². The van der Waals surface area contributed by atoms with E-state index in [0.29, 0.717) is 6.42 Å². The number of aliphatic carboxylic acids is 1. The van der Waals surface area contributed by atoms with Crippen LogP contribution < -0.4 is 16.0 Å².